The number of aromatic nitrogens is 4. The van der Waals surface area contributed by atoms with Crippen molar-refractivity contribution < 1.29 is 9.18 Å². The molecule has 2 aromatic heterocycles. The van der Waals surface area contributed by atoms with E-state index in [0.29, 0.717) is 42.7 Å². The van der Waals surface area contributed by atoms with Crippen molar-refractivity contribution in [2.45, 2.75) is 18.8 Å². The summed E-state index contributed by atoms with van der Waals surface area (Å²) < 4.78 is 15.0. The fourth-order valence-electron chi connectivity index (χ4n) is 4.37. The molecule has 1 saturated heterocycles. The number of hydrogen-bond donors (Lipinski definition) is 0. The van der Waals surface area contributed by atoms with Gasteiger partial charge in [-0.15, -0.1) is 0 Å². The van der Waals surface area contributed by atoms with Gasteiger partial charge < -0.3 is 9.80 Å². The van der Waals surface area contributed by atoms with Gasteiger partial charge in [0.25, 0.3) is 5.91 Å². The second-order valence-electron chi connectivity index (χ2n) is 8.74. The van der Waals surface area contributed by atoms with Crippen molar-refractivity contribution >= 4 is 34.4 Å². The van der Waals surface area contributed by atoms with Gasteiger partial charge in [0.05, 0.1) is 17.3 Å². The minimum Gasteiger partial charge on any atom is -0.352 e. The van der Waals surface area contributed by atoms with Crippen molar-refractivity contribution in [3.63, 3.8) is 0 Å². The Hall–Kier alpha value is -3.52. The van der Waals surface area contributed by atoms with Crippen molar-refractivity contribution in [2.75, 3.05) is 31.1 Å². The summed E-state index contributed by atoms with van der Waals surface area (Å²) in [5, 5.41) is 6.12. The molecule has 7 nitrogen and oxygen atoms in total. The third-order valence-corrected chi connectivity index (χ3v) is 6.61. The number of carbonyl (C=O) groups excluding carboxylic acids is 1. The monoisotopic (exact) mass is 476 g/mol. The predicted molar refractivity (Wildman–Crippen MR) is 128 cm³/mol. The Morgan fingerprint density at radius 2 is 1.76 bits per heavy atom. The van der Waals surface area contributed by atoms with Gasteiger partial charge in [0, 0.05) is 42.7 Å². The van der Waals surface area contributed by atoms with Gasteiger partial charge in [-0.1, -0.05) is 17.7 Å². The molecule has 2 fully saturated rings. The number of piperazine rings is 1. The third kappa shape index (κ3) is 3.88. The van der Waals surface area contributed by atoms with Crippen molar-refractivity contribution in [3.8, 4) is 5.69 Å². The average molecular weight is 477 g/mol. The van der Waals surface area contributed by atoms with Crippen LogP contribution in [0.1, 0.15) is 34.9 Å². The van der Waals surface area contributed by atoms with Crippen LogP contribution in [0.5, 0.6) is 0 Å². The van der Waals surface area contributed by atoms with E-state index in [4.69, 9.17) is 21.6 Å². The SMILES string of the molecule is O=C(c1ccc(F)cc1)N1CCN(c2nc(C3CC3)nc3c2cnn3-c2cccc(Cl)c2)CC1. The smallest absolute Gasteiger partial charge is 0.253 e. The van der Waals surface area contributed by atoms with Crippen LogP contribution in [0.3, 0.4) is 0 Å². The number of rotatable bonds is 4. The number of hydrogen-bond acceptors (Lipinski definition) is 5. The Morgan fingerprint density at radius 3 is 2.47 bits per heavy atom. The van der Waals surface area contributed by atoms with Crippen LogP contribution >= 0.6 is 11.6 Å². The van der Waals surface area contributed by atoms with E-state index in [2.05, 4.69) is 10.00 Å². The molecule has 1 aliphatic heterocycles. The first-order valence-electron chi connectivity index (χ1n) is 11.4. The van der Waals surface area contributed by atoms with Gasteiger partial charge in [0.1, 0.15) is 17.5 Å². The minimum atomic E-state index is -0.348. The average Bonchev–Trinajstić information content (AvgIpc) is 3.62. The molecule has 0 unspecified atom stereocenters. The molecule has 4 aromatic rings. The summed E-state index contributed by atoms with van der Waals surface area (Å²) in [6.07, 6.45) is 3.99. The fourth-order valence-corrected chi connectivity index (χ4v) is 4.55. The Kier molecular flexibility index (Phi) is 5.17. The number of fused-ring (bicyclic) bond motifs is 1. The number of amides is 1. The molecule has 0 spiro atoms. The first-order chi connectivity index (χ1) is 16.6. The standard InChI is InChI=1S/C25H22ClFN6O/c26-18-2-1-3-20(14-18)33-24-21(15-28-33)23(29-22(30-24)16-4-5-16)31-10-12-32(13-11-31)25(34)17-6-8-19(27)9-7-17/h1-3,6-9,14-16H,4-5,10-13H2. The molecule has 0 atom stereocenters. The maximum Gasteiger partial charge on any atom is 0.253 e. The van der Waals surface area contributed by atoms with Gasteiger partial charge in [-0.3, -0.25) is 4.79 Å². The van der Waals surface area contributed by atoms with Crippen LogP contribution in [0.4, 0.5) is 10.2 Å². The first kappa shape index (κ1) is 21.0. The van der Waals surface area contributed by atoms with E-state index in [1.54, 1.807) is 11.1 Å². The van der Waals surface area contributed by atoms with Crippen LogP contribution in [0.2, 0.25) is 5.02 Å². The molecule has 1 amide bonds. The van der Waals surface area contributed by atoms with Gasteiger partial charge >= 0.3 is 0 Å². The predicted octanol–water partition coefficient (Wildman–Crippen LogP) is 4.45. The highest BCUT2D eigenvalue weighted by atomic mass is 35.5. The summed E-state index contributed by atoms with van der Waals surface area (Å²) in [6, 6.07) is 13.2. The second-order valence-corrected chi connectivity index (χ2v) is 9.18. The van der Waals surface area contributed by atoms with Crippen molar-refractivity contribution in [2.24, 2.45) is 0 Å². The zero-order chi connectivity index (χ0) is 23.2. The highest BCUT2D eigenvalue weighted by Crippen LogP contribution is 2.40. The summed E-state index contributed by atoms with van der Waals surface area (Å²) in [4.78, 5) is 26.7. The van der Waals surface area contributed by atoms with Crippen molar-refractivity contribution in [1.29, 1.82) is 0 Å². The molecule has 1 saturated carbocycles. The zero-order valence-electron chi connectivity index (χ0n) is 18.4. The Bertz CT molecular complexity index is 1380. The zero-order valence-corrected chi connectivity index (χ0v) is 19.1. The molecule has 2 aromatic carbocycles. The van der Waals surface area contributed by atoms with E-state index in [1.807, 2.05) is 28.9 Å². The molecule has 2 aliphatic rings. The fraction of sp³-hybridized carbons (Fsp3) is 0.280. The Morgan fingerprint density at radius 1 is 1.00 bits per heavy atom. The van der Waals surface area contributed by atoms with E-state index in [1.165, 1.54) is 24.3 Å². The van der Waals surface area contributed by atoms with Crippen LogP contribution in [0.15, 0.2) is 54.7 Å². The van der Waals surface area contributed by atoms with Gasteiger partial charge in [0.2, 0.25) is 0 Å². The van der Waals surface area contributed by atoms with Crippen molar-refractivity contribution in [3.05, 3.63) is 77.0 Å². The third-order valence-electron chi connectivity index (χ3n) is 6.38. The maximum absolute atomic E-state index is 13.2. The lowest BCUT2D eigenvalue weighted by Gasteiger charge is -2.35. The number of nitrogens with zero attached hydrogens (tertiary/aromatic N) is 6. The lowest BCUT2D eigenvalue weighted by atomic mass is 10.1. The molecule has 0 N–H and O–H groups in total. The van der Waals surface area contributed by atoms with Crippen LogP contribution in [-0.4, -0.2) is 56.7 Å². The molecule has 1 aliphatic carbocycles. The lowest BCUT2D eigenvalue weighted by molar-refractivity contribution is 0.0746. The van der Waals surface area contributed by atoms with Crippen molar-refractivity contribution in [1.82, 2.24) is 24.6 Å². The first-order valence-corrected chi connectivity index (χ1v) is 11.8. The maximum atomic E-state index is 13.2. The molecule has 0 radical (unpaired) electrons. The summed E-state index contributed by atoms with van der Waals surface area (Å²) in [6.45, 7) is 2.41. The highest BCUT2D eigenvalue weighted by molar-refractivity contribution is 6.30. The number of halogens is 2. The normalized spacial score (nSPS) is 16.3. The van der Waals surface area contributed by atoms with Gasteiger partial charge in [0.15, 0.2) is 5.65 Å². The summed E-state index contributed by atoms with van der Waals surface area (Å²) >= 11 is 6.22. The minimum absolute atomic E-state index is 0.0834. The van der Waals surface area contributed by atoms with Crippen LogP contribution in [0.25, 0.3) is 16.7 Å². The van der Waals surface area contributed by atoms with Gasteiger partial charge in [-0.25, -0.2) is 19.0 Å². The molecule has 9 heteroatoms. The summed E-state index contributed by atoms with van der Waals surface area (Å²) in [7, 11) is 0. The van der Waals surface area contributed by atoms with E-state index in [9.17, 15) is 9.18 Å². The molecular weight excluding hydrogens is 455 g/mol. The summed E-state index contributed by atoms with van der Waals surface area (Å²) in [5.74, 6) is 1.65. The van der Waals surface area contributed by atoms with E-state index in [0.717, 1.165) is 41.2 Å². The largest absolute Gasteiger partial charge is 0.352 e. The molecule has 172 valence electrons. The van der Waals surface area contributed by atoms with Gasteiger partial charge in [-0.2, -0.15) is 5.10 Å². The molecule has 34 heavy (non-hydrogen) atoms. The number of carbonyl (C=O) groups is 1. The summed E-state index contributed by atoms with van der Waals surface area (Å²) in [5.41, 5.74) is 2.11. The Labute approximate surface area is 200 Å². The van der Waals surface area contributed by atoms with Crippen LogP contribution in [0, 0.1) is 5.82 Å². The van der Waals surface area contributed by atoms with E-state index in [-0.39, 0.29) is 11.7 Å². The molecule has 6 rings (SSSR count). The topological polar surface area (TPSA) is 67.2 Å². The van der Waals surface area contributed by atoms with Gasteiger partial charge in [-0.05, 0) is 55.3 Å². The molecule has 0 bridgehead atoms. The van der Waals surface area contributed by atoms with Crippen LogP contribution in [-0.2, 0) is 0 Å². The highest BCUT2D eigenvalue weighted by Gasteiger charge is 2.31. The lowest BCUT2D eigenvalue weighted by Crippen LogP contribution is -2.49. The van der Waals surface area contributed by atoms with Crippen LogP contribution < -0.4 is 4.90 Å². The van der Waals surface area contributed by atoms with E-state index >= 15 is 0 Å². The quantitative estimate of drug-likeness (QED) is 0.435. The Balaban J connectivity index is 1.30. The second kappa shape index (κ2) is 8.36. The number of anilines is 1. The molecular formula is C25H22ClFN6O. The molecule has 3 heterocycles. The van der Waals surface area contributed by atoms with E-state index < -0.39 is 0 Å². The number of benzene rings is 2.